The zero-order valence-corrected chi connectivity index (χ0v) is 12.2. The maximum absolute atomic E-state index is 13.7. The van der Waals surface area contributed by atoms with Crippen LogP contribution >= 0.6 is 23.4 Å². The first-order valence-electron chi connectivity index (χ1n) is 6.25. The Morgan fingerprint density at radius 2 is 2.15 bits per heavy atom. The lowest BCUT2D eigenvalue weighted by molar-refractivity contribution is 0.354. The van der Waals surface area contributed by atoms with E-state index in [1.54, 1.807) is 12.1 Å². The molecule has 0 unspecified atom stereocenters. The Kier molecular flexibility index (Phi) is 3.76. The van der Waals surface area contributed by atoms with Gasteiger partial charge in [0.2, 0.25) is 0 Å². The second-order valence-electron chi connectivity index (χ2n) is 4.63. The predicted molar refractivity (Wildman–Crippen MR) is 81.0 cm³/mol. The minimum Gasteiger partial charge on any atom is -0.493 e. The van der Waals surface area contributed by atoms with Gasteiger partial charge in [-0.3, -0.25) is 0 Å². The summed E-state index contributed by atoms with van der Waals surface area (Å²) in [6, 6.07) is 8.54. The molecule has 1 aliphatic heterocycles. The van der Waals surface area contributed by atoms with Crippen LogP contribution in [-0.2, 0) is 12.2 Å². The maximum Gasteiger partial charge on any atom is 0.138 e. The van der Waals surface area contributed by atoms with E-state index >= 15 is 0 Å². The number of benzene rings is 2. The van der Waals surface area contributed by atoms with Gasteiger partial charge < -0.3 is 10.5 Å². The molecule has 0 saturated heterocycles. The van der Waals surface area contributed by atoms with E-state index in [2.05, 4.69) is 0 Å². The summed E-state index contributed by atoms with van der Waals surface area (Å²) in [6.07, 6.45) is 0.879. The molecule has 0 aromatic heterocycles. The van der Waals surface area contributed by atoms with Crippen molar-refractivity contribution in [2.24, 2.45) is 0 Å². The highest BCUT2D eigenvalue weighted by molar-refractivity contribution is 7.98. The Morgan fingerprint density at radius 1 is 1.30 bits per heavy atom. The van der Waals surface area contributed by atoms with Crippen molar-refractivity contribution in [2.45, 2.75) is 17.1 Å². The molecule has 0 fully saturated rings. The van der Waals surface area contributed by atoms with Crippen LogP contribution in [0.4, 0.5) is 10.1 Å². The fraction of sp³-hybridized carbons (Fsp3) is 0.200. The van der Waals surface area contributed by atoms with Crippen LogP contribution in [0.25, 0.3) is 0 Å². The van der Waals surface area contributed by atoms with Crippen LogP contribution in [-0.4, -0.2) is 6.61 Å². The highest BCUT2D eigenvalue weighted by Crippen LogP contribution is 2.37. The fourth-order valence-corrected chi connectivity index (χ4v) is 3.39. The predicted octanol–water partition coefficient (Wildman–Crippen LogP) is 4.29. The molecule has 0 spiro atoms. The molecule has 0 aliphatic carbocycles. The first-order chi connectivity index (χ1) is 9.63. The zero-order chi connectivity index (χ0) is 14.1. The summed E-state index contributed by atoms with van der Waals surface area (Å²) < 4.78 is 19.4. The van der Waals surface area contributed by atoms with Crippen molar-refractivity contribution in [1.82, 2.24) is 0 Å². The number of nitrogen functional groups attached to an aromatic ring is 1. The maximum atomic E-state index is 13.7. The summed E-state index contributed by atoms with van der Waals surface area (Å²) in [7, 11) is 0. The molecule has 20 heavy (non-hydrogen) atoms. The van der Waals surface area contributed by atoms with Crippen molar-refractivity contribution in [3.8, 4) is 5.75 Å². The number of hydrogen-bond acceptors (Lipinski definition) is 3. The van der Waals surface area contributed by atoms with Gasteiger partial charge in [-0.1, -0.05) is 11.6 Å². The first kappa shape index (κ1) is 13.6. The molecule has 2 aromatic carbocycles. The lowest BCUT2D eigenvalue weighted by Crippen LogP contribution is -1.92. The van der Waals surface area contributed by atoms with E-state index in [1.807, 2.05) is 12.1 Å². The Labute approximate surface area is 126 Å². The van der Waals surface area contributed by atoms with E-state index in [1.165, 1.54) is 17.8 Å². The van der Waals surface area contributed by atoms with Gasteiger partial charge in [-0.2, -0.15) is 0 Å². The zero-order valence-electron chi connectivity index (χ0n) is 10.7. The van der Waals surface area contributed by atoms with Crippen molar-refractivity contribution in [3.05, 3.63) is 52.3 Å². The number of ether oxygens (including phenoxy) is 1. The monoisotopic (exact) mass is 309 g/mol. The molecule has 5 heteroatoms. The van der Waals surface area contributed by atoms with Gasteiger partial charge in [0.15, 0.2) is 0 Å². The van der Waals surface area contributed by atoms with Crippen molar-refractivity contribution in [3.63, 3.8) is 0 Å². The van der Waals surface area contributed by atoms with Crippen LogP contribution in [0.1, 0.15) is 11.1 Å². The molecule has 104 valence electrons. The molecular formula is C15H13ClFNOS. The smallest absolute Gasteiger partial charge is 0.138 e. The van der Waals surface area contributed by atoms with Gasteiger partial charge in [-0.15, -0.1) is 11.8 Å². The second kappa shape index (κ2) is 5.54. The topological polar surface area (TPSA) is 35.2 Å². The number of thioether (sulfide) groups is 1. The Hall–Kier alpha value is -1.39. The van der Waals surface area contributed by atoms with Crippen LogP contribution in [0.2, 0.25) is 5.02 Å². The van der Waals surface area contributed by atoms with Gasteiger partial charge in [0, 0.05) is 33.3 Å². The van der Waals surface area contributed by atoms with Crippen molar-refractivity contribution < 1.29 is 9.13 Å². The van der Waals surface area contributed by atoms with E-state index < -0.39 is 0 Å². The lowest BCUT2D eigenvalue weighted by atomic mass is 10.1. The van der Waals surface area contributed by atoms with Crippen molar-refractivity contribution in [2.75, 3.05) is 12.3 Å². The van der Waals surface area contributed by atoms with Crippen LogP contribution < -0.4 is 10.5 Å². The van der Waals surface area contributed by atoms with Crippen LogP contribution in [0.5, 0.6) is 5.75 Å². The molecule has 0 bridgehead atoms. The van der Waals surface area contributed by atoms with Gasteiger partial charge in [0.05, 0.1) is 6.61 Å². The van der Waals surface area contributed by atoms with E-state index in [0.717, 1.165) is 23.3 Å². The van der Waals surface area contributed by atoms with Crippen molar-refractivity contribution in [1.29, 1.82) is 0 Å². The van der Waals surface area contributed by atoms with Crippen LogP contribution in [0.3, 0.4) is 0 Å². The number of nitrogens with two attached hydrogens (primary N) is 1. The normalized spacial score (nSPS) is 13.1. The Balaban J connectivity index is 1.82. The number of hydrogen-bond donors (Lipinski definition) is 1. The van der Waals surface area contributed by atoms with E-state index in [4.69, 9.17) is 22.1 Å². The molecule has 0 saturated carbocycles. The Morgan fingerprint density at radius 3 is 2.95 bits per heavy atom. The molecular weight excluding hydrogens is 297 g/mol. The van der Waals surface area contributed by atoms with Gasteiger partial charge in [0.25, 0.3) is 0 Å². The number of halogens is 2. The average Bonchev–Trinajstić information content (AvgIpc) is 2.85. The van der Waals surface area contributed by atoms with E-state index in [9.17, 15) is 4.39 Å². The molecule has 2 nitrogen and oxygen atoms in total. The van der Waals surface area contributed by atoms with Gasteiger partial charge >= 0.3 is 0 Å². The summed E-state index contributed by atoms with van der Waals surface area (Å²) in [5, 5.41) is 0.697. The third-order valence-electron chi connectivity index (χ3n) is 3.16. The third-order valence-corrected chi connectivity index (χ3v) is 4.48. The third kappa shape index (κ3) is 2.72. The molecule has 3 rings (SSSR count). The number of anilines is 1. The molecule has 0 radical (unpaired) electrons. The fourth-order valence-electron chi connectivity index (χ4n) is 2.24. The molecule has 1 aliphatic rings. The van der Waals surface area contributed by atoms with Crippen molar-refractivity contribution >= 4 is 29.1 Å². The molecule has 1 heterocycles. The summed E-state index contributed by atoms with van der Waals surface area (Å²) >= 11 is 7.52. The highest BCUT2D eigenvalue weighted by atomic mass is 35.5. The second-order valence-corrected chi connectivity index (χ2v) is 6.08. The highest BCUT2D eigenvalue weighted by Gasteiger charge is 2.18. The summed E-state index contributed by atoms with van der Waals surface area (Å²) in [6.45, 7) is 0.684. The Bertz CT molecular complexity index is 663. The SMILES string of the molecule is Nc1ccc(SCc2cc(Cl)cc3c2OCC3)c(F)c1. The summed E-state index contributed by atoms with van der Waals surface area (Å²) in [4.78, 5) is 0.575. The van der Waals surface area contributed by atoms with Gasteiger partial charge in [-0.25, -0.2) is 4.39 Å². The standard InChI is InChI=1S/C15H13ClFNOS/c16-11-5-9-3-4-19-15(9)10(6-11)8-20-14-2-1-12(18)7-13(14)17/h1-2,5-7H,3-4,8,18H2. The van der Waals surface area contributed by atoms with Crippen LogP contribution in [0, 0.1) is 5.82 Å². The lowest BCUT2D eigenvalue weighted by Gasteiger charge is -2.09. The van der Waals surface area contributed by atoms with E-state index in [-0.39, 0.29) is 5.82 Å². The number of fused-ring (bicyclic) bond motifs is 1. The molecule has 0 atom stereocenters. The molecule has 0 amide bonds. The average molecular weight is 310 g/mol. The van der Waals surface area contributed by atoms with Gasteiger partial charge in [0.1, 0.15) is 11.6 Å². The molecule has 2 aromatic rings. The summed E-state index contributed by atoms with van der Waals surface area (Å²) in [5.41, 5.74) is 8.11. The number of rotatable bonds is 3. The summed E-state index contributed by atoms with van der Waals surface area (Å²) in [5.74, 6) is 1.22. The first-order valence-corrected chi connectivity index (χ1v) is 7.62. The molecule has 2 N–H and O–H groups in total. The quantitative estimate of drug-likeness (QED) is 0.678. The van der Waals surface area contributed by atoms with Gasteiger partial charge in [-0.05, 0) is 35.9 Å². The minimum atomic E-state index is -0.297. The van der Waals surface area contributed by atoms with Crippen LogP contribution in [0.15, 0.2) is 35.2 Å². The van der Waals surface area contributed by atoms with E-state index in [0.29, 0.717) is 28.0 Å². The minimum absolute atomic E-state index is 0.297. The largest absolute Gasteiger partial charge is 0.493 e.